The summed E-state index contributed by atoms with van der Waals surface area (Å²) >= 11 is 0. The third-order valence-corrected chi connectivity index (χ3v) is 3.82. The summed E-state index contributed by atoms with van der Waals surface area (Å²) in [4.78, 5) is 13.9. The van der Waals surface area contributed by atoms with Gasteiger partial charge in [0.1, 0.15) is 11.5 Å². The Hall–Kier alpha value is -1.37. The van der Waals surface area contributed by atoms with E-state index in [0.29, 0.717) is 17.2 Å². The summed E-state index contributed by atoms with van der Waals surface area (Å²) in [7, 11) is 1.99. The van der Waals surface area contributed by atoms with Crippen molar-refractivity contribution >= 4 is 5.91 Å². The Balaban J connectivity index is 1.97. The predicted molar refractivity (Wildman–Crippen MR) is 77.0 cm³/mol. The molecule has 2 heterocycles. The van der Waals surface area contributed by atoms with Gasteiger partial charge in [-0.15, -0.1) is 0 Å². The number of carbonyl (C=O) groups is 1. The van der Waals surface area contributed by atoms with Gasteiger partial charge in [0.05, 0.1) is 12.1 Å². The minimum absolute atomic E-state index is 0.302. The zero-order valence-corrected chi connectivity index (χ0v) is 12.2. The molecule has 0 saturated carbocycles. The van der Waals surface area contributed by atoms with E-state index in [4.69, 9.17) is 10.3 Å². The maximum absolute atomic E-state index is 11.6. The lowest BCUT2D eigenvalue weighted by molar-refractivity contribution is 0.0952. The Morgan fingerprint density at radius 1 is 1.60 bits per heavy atom. The molecule has 4 N–H and O–H groups in total. The molecule has 1 aromatic heterocycles. The fourth-order valence-electron chi connectivity index (χ4n) is 2.90. The van der Waals surface area contributed by atoms with E-state index < -0.39 is 0 Å². The number of hydrazine groups is 1. The molecule has 0 spiro atoms. The highest BCUT2D eigenvalue weighted by Crippen LogP contribution is 2.21. The van der Waals surface area contributed by atoms with Crippen molar-refractivity contribution in [3.05, 3.63) is 23.2 Å². The first-order valence-corrected chi connectivity index (χ1v) is 7.11. The maximum Gasteiger partial charge on any atom is 0.268 e. The number of furan rings is 1. The van der Waals surface area contributed by atoms with Gasteiger partial charge in [-0.05, 0) is 51.9 Å². The topological polar surface area (TPSA) is 83.5 Å². The fraction of sp³-hybridized carbons (Fsp3) is 0.643. The Morgan fingerprint density at radius 2 is 2.40 bits per heavy atom. The normalized spacial score (nSPS) is 20.1. The summed E-state index contributed by atoms with van der Waals surface area (Å²) in [5.74, 6) is 6.99. The molecule has 6 nitrogen and oxygen atoms in total. The summed E-state index contributed by atoms with van der Waals surface area (Å²) in [6.07, 6.45) is 2.48. The summed E-state index contributed by atoms with van der Waals surface area (Å²) in [6.45, 7) is 5.74. The van der Waals surface area contributed by atoms with Crippen LogP contribution >= 0.6 is 0 Å². The first-order chi connectivity index (χ1) is 9.63. The van der Waals surface area contributed by atoms with Crippen molar-refractivity contribution in [3.8, 4) is 0 Å². The van der Waals surface area contributed by atoms with Crippen LogP contribution < -0.4 is 16.6 Å². The molecule has 2 rings (SSSR count). The standard InChI is InChI=1S/C14H24N4O2/c1-10-13(14(19)17-15)6-12(20-10)9-18-5-3-4-11(8-18)7-16-2/h6,11,16H,3-5,7-9,15H2,1-2H3,(H,17,19). The highest BCUT2D eigenvalue weighted by atomic mass is 16.3. The maximum atomic E-state index is 11.6. The van der Waals surface area contributed by atoms with Crippen molar-refractivity contribution in [2.45, 2.75) is 26.3 Å². The van der Waals surface area contributed by atoms with Crippen LogP contribution in [0.4, 0.5) is 0 Å². The molecular weight excluding hydrogens is 256 g/mol. The molecule has 112 valence electrons. The number of nitrogen functional groups attached to an aromatic ring is 1. The quantitative estimate of drug-likeness (QED) is 0.418. The summed E-state index contributed by atoms with van der Waals surface area (Å²) in [5, 5.41) is 3.24. The molecule has 1 aliphatic rings. The Labute approximate surface area is 119 Å². The van der Waals surface area contributed by atoms with Crippen LogP contribution in [0.5, 0.6) is 0 Å². The van der Waals surface area contributed by atoms with E-state index in [9.17, 15) is 4.79 Å². The smallest absolute Gasteiger partial charge is 0.268 e. The van der Waals surface area contributed by atoms with Crippen molar-refractivity contribution in [1.29, 1.82) is 0 Å². The van der Waals surface area contributed by atoms with Crippen molar-refractivity contribution < 1.29 is 9.21 Å². The molecule has 1 atom stereocenters. The average molecular weight is 280 g/mol. The van der Waals surface area contributed by atoms with E-state index in [0.717, 1.165) is 31.9 Å². The molecule has 1 unspecified atom stereocenters. The van der Waals surface area contributed by atoms with E-state index in [1.807, 2.05) is 7.05 Å². The van der Waals surface area contributed by atoms with Crippen molar-refractivity contribution in [3.63, 3.8) is 0 Å². The van der Waals surface area contributed by atoms with Crippen LogP contribution in [0.15, 0.2) is 10.5 Å². The van der Waals surface area contributed by atoms with Crippen LogP contribution in [0.3, 0.4) is 0 Å². The number of rotatable bonds is 5. The summed E-state index contributed by atoms with van der Waals surface area (Å²) in [6, 6.07) is 1.79. The largest absolute Gasteiger partial charge is 0.464 e. The van der Waals surface area contributed by atoms with Gasteiger partial charge in [-0.3, -0.25) is 15.1 Å². The Morgan fingerprint density at radius 3 is 3.10 bits per heavy atom. The lowest BCUT2D eigenvalue weighted by atomic mass is 9.98. The van der Waals surface area contributed by atoms with E-state index in [-0.39, 0.29) is 5.91 Å². The second kappa shape index (κ2) is 6.88. The van der Waals surface area contributed by atoms with Gasteiger partial charge >= 0.3 is 0 Å². The molecule has 0 aromatic carbocycles. The first kappa shape index (κ1) is 15.0. The Bertz CT molecular complexity index is 456. The van der Waals surface area contributed by atoms with Gasteiger partial charge < -0.3 is 9.73 Å². The minimum Gasteiger partial charge on any atom is -0.464 e. The zero-order valence-electron chi connectivity index (χ0n) is 12.2. The SMILES string of the molecule is CNCC1CCCN(Cc2cc(C(=O)NN)c(C)o2)C1. The lowest BCUT2D eigenvalue weighted by Gasteiger charge is -2.31. The molecule has 20 heavy (non-hydrogen) atoms. The molecule has 1 saturated heterocycles. The van der Waals surface area contributed by atoms with Crippen LogP contribution in [-0.4, -0.2) is 37.5 Å². The number of nitrogens with two attached hydrogens (primary N) is 1. The number of hydrogen-bond acceptors (Lipinski definition) is 5. The number of hydrogen-bond donors (Lipinski definition) is 3. The van der Waals surface area contributed by atoms with Crippen LogP contribution in [-0.2, 0) is 6.54 Å². The average Bonchev–Trinajstić information content (AvgIpc) is 2.79. The van der Waals surface area contributed by atoms with Gasteiger partial charge in [0, 0.05) is 6.54 Å². The molecule has 0 bridgehead atoms. The fourth-order valence-corrected chi connectivity index (χ4v) is 2.90. The summed E-state index contributed by atoms with van der Waals surface area (Å²) < 4.78 is 5.66. The molecule has 1 aliphatic heterocycles. The van der Waals surface area contributed by atoms with Gasteiger partial charge in [0.25, 0.3) is 5.91 Å². The van der Waals surface area contributed by atoms with E-state index >= 15 is 0 Å². The van der Waals surface area contributed by atoms with Gasteiger partial charge in [0.2, 0.25) is 0 Å². The highest BCUT2D eigenvalue weighted by Gasteiger charge is 2.21. The predicted octanol–water partition coefficient (Wildman–Crippen LogP) is 0.623. The molecule has 0 radical (unpaired) electrons. The third kappa shape index (κ3) is 3.59. The van der Waals surface area contributed by atoms with Crippen molar-refractivity contribution in [2.24, 2.45) is 11.8 Å². The van der Waals surface area contributed by atoms with Crippen LogP contribution in [0.1, 0.15) is 34.7 Å². The monoisotopic (exact) mass is 280 g/mol. The second-order valence-electron chi connectivity index (χ2n) is 5.46. The number of nitrogens with zero attached hydrogens (tertiary/aromatic N) is 1. The van der Waals surface area contributed by atoms with Gasteiger partial charge in [-0.1, -0.05) is 0 Å². The first-order valence-electron chi connectivity index (χ1n) is 7.11. The zero-order chi connectivity index (χ0) is 14.5. The van der Waals surface area contributed by atoms with E-state index in [1.54, 1.807) is 13.0 Å². The molecule has 6 heteroatoms. The number of likely N-dealkylation sites (tertiary alicyclic amines) is 1. The number of nitrogens with one attached hydrogen (secondary N) is 2. The highest BCUT2D eigenvalue weighted by molar-refractivity contribution is 5.94. The number of aryl methyl sites for hydroxylation is 1. The number of piperidine rings is 1. The molecule has 1 amide bonds. The third-order valence-electron chi connectivity index (χ3n) is 3.82. The Kier molecular flexibility index (Phi) is 5.17. The number of amides is 1. The second-order valence-corrected chi connectivity index (χ2v) is 5.46. The van der Waals surface area contributed by atoms with E-state index in [1.165, 1.54) is 12.8 Å². The molecule has 1 fully saturated rings. The van der Waals surface area contributed by atoms with Crippen LogP contribution in [0.25, 0.3) is 0 Å². The molecule has 1 aromatic rings. The van der Waals surface area contributed by atoms with Gasteiger partial charge in [0.15, 0.2) is 0 Å². The van der Waals surface area contributed by atoms with E-state index in [2.05, 4.69) is 15.6 Å². The molecular formula is C14H24N4O2. The van der Waals surface area contributed by atoms with Gasteiger partial charge in [-0.2, -0.15) is 0 Å². The molecule has 0 aliphatic carbocycles. The number of carbonyl (C=O) groups excluding carboxylic acids is 1. The van der Waals surface area contributed by atoms with Gasteiger partial charge in [-0.25, -0.2) is 5.84 Å². The van der Waals surface area contributed by atoms with Crippen LogP contribution in [0.2, 0.25) is 0 Å². The minimum atomic E-state index is -0.302. The van der Waals surface area contributed by atoms with Crippen LogP contribution in [0, 0.1) is 12.8 Å². The summed E-state index contributed by atoms with van der Waals surface area (Å²) in [5.41, 5.74) is 2.66. The lowest BCUT2D eigenvalue weighted by Crippen LogP contribution is -2.38. The van der Waals surface area contributed by atoms with Crippen molar-refractivity contribution in [1.82, 2.24) is 15.6 Å². The van der Waals surface area contributed by atoms with Crippen molar-refractivity contribution in [2.75, 3.05) is 26.7 Å².